The molecule has 0 aromatic heterocycles. The van der Waals surface area contributed by atoms with Crippen LogP contribution in [-0.2, 0) is 16.0 Å². The summed E-state index contributed by atoms with van der Waals surface area (Å²) in [5, 5.41) is 2.85. The molecular formula is C15H15BrO3. The van der Waals surface area contributed by atoms with Crippen molar-refractivity contribution in [1.29, 1.82) is 0 Å². The molecule has 100 valence electrons. The van der Waals surface area contributed by atoms with E-state index in [0.29, 0.717) is 18.4 Å². The molecule has 0 aliphatic carbocycles. The van der Waals surface area contributed by atoms with Gasteiger partial charge in [0.15, 0.2) is 0 Å². The van der Waals surface area contributed by atoms with Gasteiger partial charge in [-0.05, 0) is 28.5 Å². The molecule has 0 unspecified atom stereocenters. The number of fused-ring (bicyclic) bond motifs is 1. The highest BCUT2D eigenvalue weighted by Crippen LogP contribution is 2.22. The summed E-state index contributed by atoms with van der Waals surface area (Å²) in [5.41, 5.74) is 0.956. The molecule has 0 radical (unpaired) electrons. The van der Waals surface area contributed by atoms with Crippen LogP contribution in [0.5, 0.6) is 5.75 Å². The average molecular weight is 323 g/mol. The highest BCUT2D eigenvalue weighted by atomic mass is 79.9. The summed E-state index contributed by atoms with van der Waals surface area (Å²) in [7, 11) is 1.65. The Morgan fingerprint density at radius 1 is 1.16 bits per heavy atom. The maximum Gasteiger partial charge on any atom is 0.310 e. The summed E-state index contributed by atoms with van der Waals surface area (Å²) in [6.45, 7) is 0.406. The van der Waals surface area contributed by atoms with Gasteiger partial charge in [-0.25, -0.2) is 0 Å². The van der Waals surface area contributed by atoms with Crippen LogP contribution in [0.4, 0.5) is 0 Å². The van der Waals surface area contributed by atoms with Crippen LogP contribution in [0.15, 0.2) is 36.4 Å². The van der Waals surface area contributed by atoms with Gasteiger partial charge in [0.2, 0.25) is 0 Å². The second-order valence-corrected chi connectivity index (χ2v) is 4.93. The zero-order chi connectivity index (χ0) is 13.7. The van der Waals surface area contributed by atoms with E-state index >= 15 is 0 Å². The molecule has 0 bridgehead atoms. The Bertz CT molecular complexity index is 581. The molecule has 0 saturated heterocycles. The number of hydrogen-bond donors (Lipinski definition) is 0. The van der Waals surface area contributed by atoms with Crippen molar-refractivity contribution in [3.05, 3.63) is 42.0 Å². The topological polar surface area (TPSA) is 35.5 Å². The van der Waals surface area contributed by atoms with Crippen LogP contribution in [0.25, 0.3) is 10.8 Å². The smallest absolute Gasteiger partial charge is 0.310 e. The largest absolute Gasteiger partial charge is 0.497 e. The molecule has 2 aromatic rings. The Hall–Kier alpha value is -1.55. The van der Waals surface area contributed by atoms with E-state index in [-0.39, 0.29) is 5.97 Å². The Labute approximate surface area is 120 Å². The molecule has 0 atom stereocenters. The Balaban J connectivity index is 2.15. The van der Waals surface area contributed by atoms with Gasteiger partial charge >= 0.3 is 5.97 Å². The fourth-order valence-electron chi connectivity index (χ4n) is 1.88. The molecule has 0 amide bonds. The molecule has 0 saturated carbocycles. The summed E-state index contributed by atoms with van der Waals surface area (Å²) < 4.78 is 10.2. The van der Waals surface area contributed by atoms with E-state index in [0.717, 1.165) is 22.1 Å². The van der Waals surface area contributed by atoms with Crippen LogP contribution in [0.1, 0.15) is 5.56 Å². The number of esters is 1. The normalized spacial score (nSPS) is 10.4. The van der Waals surface area contributed by atoms with Gasteiger partial charge in [0.25, 0.3) is 0 Å². The number of halogens is 1. The average Bonchev–Trinajstić information content (AvgIpc) is 2.44. The quantitative estimate of drug-likeness (QED) is 0.625. The van der Waals surface area contributed by atoms with Crippen LogP contribution in [0.2, 0.25) is 0 Å². The van der Waals surface area contributed by atoms with Crippen molar-refractivity contribution < 1.29 is 14.3 Å². The number of carbonyl (C=O) groups excluding carboxylic acids is 1. The van der Waals surface area contributed by atoms with E-state index < -0.39 is 0 Å². The van der Waals surface area contributed by atoms with Gasteiger partial charge in [-0.2, -0.15) is 0 Å². The van der Waals surface area contributed by atoms with Gasteiger partial charge in [-0.15, -0.1) is 0 Å². The lowest BCUT2D eigenvalue weighted by atomic mass is 10.0. The van der Waals surface area contributed by atoms with Gasteiger partial charge in [0.1, 0.15) is 12.4 Å². The van der Waals surface area contributed by atoms with Crippen molar-refractivity contribution in [3.63, 3.8) is 0 Å². The SMILES string of the molecule is COc1ccc2cc(CC(=O)OCCBr)ccc2c1. The lowest BCUT2D eigenvalue weighted by Gasteiger charge is -2.06. The van der Waals surface area contributed by atoms with Crippen molar-refractivity contribution in [3.8, 4) is 5.75 Å². The maximum absolute atomic E-state index is 11.5. The molecule has 0 spiro atoms. The van der Waals surface area contributed by atoms with Crippen LogP contribution < -0.4 is 4.74 Å². The summed E-state index contributed by atoms with van der Waals surface area (Å²) in [6.07, 6.45) is 0.301. The first-order valence-electron chi connectivity index (χ1n) is 6.01. The van der Waals surface area contributed by atoms with Gasteiger partial charge in [0, 0.05) is 5.33 Å². The summed E-state index contributed by atoms with van der Waals surface area (Å²) in [6, 6.07) is 11.8. The van der Waals surface area contributed by atoms with Crippen molar-refractivity contribution in [2.24, 2.45) is 0 Å². The molecule has 3 nitrogen and oxygen atoms in total. The molecule has 0 fully saturated rings. The monoisotopic (exact) mass is 322 g/mol. The number of methoxy groups -OCH3 is 1. The predicted octanol–water partition coefficient (Wildman–Crippen LogP) is 3.33. The van der Waals surface area contributed by atoms with Crippen LogP contribution in [0, 0.1) is 0 Å². The number of hydrogen-bond acceptors (Lipinski definition) is 3. The minimum Gasteiger partial charge on any atom is -0.497 e. The third-order valence-corrected chi connectivity index (χ3v) is 3.12. The molecule has 19 heavy (non-hydrogen) atoms. The lowest BCUT2D eigenvalue weighted by Crippen LogP contribution is -2.09. The molecule has 0 N–H and O–H groups in total. The van der Waals surface area contributed by atoms with Crippen molar-refractivity contribution in [1.82, 2.24) is 0 Å². The molecule has 4 heteroatoms. The van der Waals surface area contributed by atoms with Crippen LogP contribution in [0.3, 0.4) is 0 Å². The zero-order valence-corrected chi connectivity index (χ0v) is 12.3. The number of ether oxygens (including phenoxy) is 2. The van der Waals surface area contributed by atoms with E-state index in [1.165, 1.54) is 0 Å². The van der Waals surface area contributed by atoms with Gasteiger partial charge < -0.3 is 9.47 Å². The van der Waals surface area contributed by atoms with Crippen molar-refractivity contribution >= 4 is 32.7 Å². The van der Waals surface area contributed by atoms with E-state index in [2.05, 4.69) is 15.9 Å². The minimum absolute atomic E-state index is 0.202. The third-order valence-electron chi connectivity index (χ3n) is 2.80. The fourth-order valence-corrected chi connectivity index (χ4v) is 2.04. The molecule has 2 rings (SSSR count). The summed E-state index contributed by atoms with van der Waals surface area (Å²) in [4.78, 5) is 11.5. The van der Waals surface area contributed by atoms with E-state index in [9.17, 15) is 4.79 Å². The maximum atomic E-state index is 11.5. The second kappa shape index (κ2) is 6.57. The second-order valence-electron chi connectivity index (χ2n) is 4.13. The Morgan fingerprint density at radius 3 is 2.63 bits per heavy atom. The predicted molar refractivity (Wildman–Crippen MR) is 79.0 cm³/mol. The van der Waals surface area contributed by atoms with E-state index in [1.54, 1.807) is 7.11 Å². The molecule has 0 heterocycles. The first kappa shape index (κ1) is 13.9. The van der Waals surface area contributed by atoms with Gasteiger partial charge in [-0.1, -0.05) is 40.2 Å². The first-order valence-corrected chi connectivity index (χ1v) is 7.13. The zero-order valence-electron chi connectivity index (χ0n) is 10.7. The number of benzene rings is 2. The highest BCUT2D eigenvalue weighted by molar-refractivity contribution is 9.09. The summed E-state index contributed by atoms with van der Waals surface area (Å²) >= 11 is 3.22. The minimum atomic E-state index is -0.202. The molecule has 0 aliphatic heterocycles. The number of alkyl halides is 1. The molecular weight excluding hydrogens is 308 g/mol. The first-order chi connectivity index (χ1) is 9.22. The van der Waals surface area contributed by atoms with E-state index in [1.807, 2.05) is 36.4 Å². The van der Waals surface area contributed by atoms with Gasteiger partial charge in [-0.3, -0.25) is 4.79 Å². The third kappa shape index (κ3) is 3.70. The van der Waals surface area contributed by atoms with Crippen LogP contribution >= 0.6 is 15.9 Å². The summed E-state index contributed by atoms with van der Waals surface area (Å²) in [5.74, 6) is 0.629. The Kier molecular flexibility index (Phi) is 4.80. The fraction of sp³-hybridized carbons (Fsp3) is 0.267. The van der Waals surface area contributed by atoms with Crippen LogP contribution in [-0.4, -0.2) is 25.0 Å². The number of carbonyl (C=O) groups is 1. The van der Waals surface area contributed by atoms with Gasteiger partial charge in [0.05, 0.1) is 13.5 Å². The van der Waals surface area contributed by atoms with Crippen molar-refractivity contribution in [2.75, 3.05) is 19.0 Å². The Morgan fingerprint density at radius 2 is 1.89 bits per heavy atom. The highest BCUT2D eigenvalue weighted by Gasteiger charge is 2.05. The molecule has 0 aliphatic rings. The standard InChI is InChI=1S/C15H15BrO3/c1-18-14-5-4-12-8-11(2-3-13(12)10-14)9-15(17)19-7-6-16/h2-5,8,10H,6-7,9H2,1H3. The van der Waals surface area contributed by atoms with E-state index in [4.69, 9.17) is 9.47 Å². The number of rotatable bonds is 5. The molecule has 2 aromatic carbocycles. The van der Waals surface area contributed by atoms with Crippen molar-refractivity contribution in [2.45, 2.75) is 6.42 Å². The lowest BCUT2D eigenvalue weighted by molar-refractivity contribution is -0.142.